The van der Waals surface area contributed by atoms with Gasteiger partial charge in [-0.3, -0.25) is 0 Å². The van der Waals surface area contributed by atoms with Gasteiger partial charge in [0.05, 0.1) is 32.1 Å². The molecule has 3 N–H and O–H groups in total. The van der Waals surface area contributed by atoms with Crippen molar-refractivity contribution in [1.29, 1.82) is 0 Å². The van der Waals surface area contributed by atoms with Crippen LogP contribution in [0.25, 0.3) is 0 Å². The summed E-state index contributed by atoms with van der Waals surface area (Å²) in [6.45, 7) is 3.46. The highest BCUT2D eigenvalue weighted by Gasteiger charge is 2.21. The van der Waals surface area contributed by atoms with Gasteiger partial charge >= 0.3 is 5.97 Å². The van der Waals surface area contributed by atoms with Crippen molar-refractivity contribution in [3.8, 4) is 0 Å². The number of ether oxygens (including phenoxy) is 2. The second kappa shape index (κ2) is 9.43. The van der Waals surface area contributed by atoms with E-state index in [1.807, 2.05) is 0 Å². The van der Waals surface area contributed by atoms with Gasteiger partial charge in [-0.15, -0.1) is 5.10 Å². The highest BCUT2D eigenvalue weighted by Crippen LogP contribution is 2.09. The lowest BCUT2D eigenvalue weighted by Crippen LogP contribution is -2.25. The summed E-state index contributed by atoms with van der Waals surface area (Å²) < 4.78 is 11.5. The Balaban J connectivity index is 2.65. The molecular weight excluding hydrogens is 276 g/mol. The van der Waals surface area contributed by atoms with Gasteiger partial charge in [-0.1, -0.05) is 18.6 Å². The van der Waals surface area contributed by atoms with Crippen molar-refractivity contribution >= 4 is 5.97 Å². The Labute approximate surface area is 124 Å². The molecule has 0 radical (unpaired) electrons. The molecule has 0 saturated carbocycles. The number of hydrogen-bond donors (Lipinski definition) is 2. The molecule has 1 heterocycles. The third kappa shape index (κ3) is 5.41. The fourth-order valence-electron chi connectivity index (χ4n) is 1.84. The van der Waals surface area contributed by atoms with Gasteiger partial charge in [0.25, 0.3) is 0 Å². The van der Waals surface area contributed by atoms with E-state index in [4.69, 9.17) is 10.5 Å². The summed E-state index contributed by atoms with van der Waals surface area (Å²) in [5, 5.41) is 17.6. The van der Waals surface area contributed by atoms with Gasteiger partial charge in [-0.2, -0.15) is 0 Å². The first-order valence-corrected chi connectivity index (χ1v) is 7.10. The summed E-state index contributed by atoms with van der Waals surface area (Å²) in [6, 6.07) is 0. The maximum atomic E-state index is 11.6. The first-order chi connectivity index (χ1) is 10.1. The molecule has 1 atom stereocenters. The van der Waals surface area contributed by atoms with E-state index in [9.17, 15) is 9.90 Å². The minimum Gasteiger partial charge on any atom is -0.464 e. The molecule has 0 aliphatic heterocycles. The summed E-state index contributed by atoms with van der Waals surface area (Å²) in [5.41, 5.74) is 6.24. The Hall–Kier alpha value is -1.51. The van der Waals surface area contributed by atoms with Gasteiger partial charge in [0.2, 0.25) is 0 Å². The van der Waals surface area contributed by atoms with Crippen LogP contribution < -0.4 is 5.73 Å². The lowest BCUT2D eigenvalue weighted by atomic mass is 10.2. The number of aliphatic hydroxyl groups excluding tert-OH is 1. The average molecular weight is 300 g/mol. The minimum absolute atomic E-state index is 0.141. The van der Waals surface area contributed by atoms with Crippen molar-refractivity contribution in [2.75, 3.05) is 26.9 Å². The zero-order chi connectivity index (χ0) is 15.7. The Morgan fingerprint density at radius 1 is 1.52 bits per heavy atom. The lowest BCUT2D eigenvalue weighted by molar-refractivity contribution is 0.0247. The zero-order valence-corrected chi connectivity index (χ0v) is 12.6. The molecule has 1 unspecified atom stereocenters. The van der Waals surface area contributed by atoms with Gasteiger partial charge in [0.15, 0.2) is 5.69 Å². The summed E-state index contributed by atoms with van der Waals surface area (Å²) in [4.78, 5) is 11.6. The van der Waals surface area contributed by atoms with Crippen molar-refractivity contribution in [2.24, 2.45) is 5.73 Å². The molecule has 1 rings (SSSR count). The smallest absolute Gasteiger partial charge is 0.360 e. The normalized spacial score (nSPS) is 12.4. The first-order valence-electron chi connectivity index (χ1n) is 7.10. The van der Waals surface area contributed by atoms with E-state index in [2.05, 4.69) is 22.0 Å². The number of nitrogens with zero attached hydrogens (tertiary/aromatic N) is 3. The summed E-state index contributed by atoms with van der Waals surface area (Å²) in [7, 11) is 1.28. The summed E-state index contributed by atoms with van der Waals surface area (Å²) in [6.07, 6.45) is 1.72. The number of aliphatic hydroxyl groups is 1. The van der Waals surface area contributed by atoms with Crippen LogP contribution in [0.3, 0.4) is 0 Å². The number of aromatic nitrogens is 3. The molecule has 0 aliphatic carbocycles. The van der Waals surface area contributed by atoms with E-state index < -0.39 is 12.1 Å². The number of rotatable bonds is 10. The predicted molar refractivity (Wildman–Crippen MR) is 75.9 cm³/mol. The number of hydrogen-bond acceptors (Lipinski definition) is 7. The van der Waals surface area contributed by atoms with Crippen LogP contribution in [0, 0.1) is 0 Å². The molecule has 21 heavy (non-hydrogen) atoms. The standard InChI is InChI=1S/C13H24N4O4/c1-3-4-7-21-9-10(18)8-17-11(5-6-14)12(15-16-17)13(19)20-2/h10,18H,3-9,14H2,1-2H3. The number of methoxy groups -OCH3 is 1. The van der Waals surface area contributed by atoms with Gasteiger partial charge < -0.3 is 20.3 Å². The SMILES string of the molecule is CCCCOCC(O)Cn1nnc(C(=O)OC)c1CCN. The fraction of sp³-hybridized carbons (Fsp3) is 0.769. The van der Waals surface area contributed by atoms with Crippen LogP contribution in [0.5, 0.6) is 0 Å². The molecule has 0 bridgehead atoms. The summed E-state index contributed by atoms with van der Waals surface area (Å²) in [5.74, 6) is -0.557. The van der Waals surface area contributed by atoms with E-state index in [0.717, 1.165) is 12.8 Å². The monoisotopic (exact) mass is 300 g/mol. The fourth-order valence-corrected chi connectivity index (χ4v) is 1.84. The van der Waals surface area contributed by atoms with Crippen LogP contribution in [-0.4, -0.2) is 59.0 Å². The number of carbonyl (C=O) groups excluding carboxylic acids is 1. The maximum absolute atomic E-state index is 11.6. The van der Waals surface area contributed by atoms with Crippen LogP contribution in [0.2, 0.25) is 0 Å². The van der Waals surface area contributed by atoms with Crippen LogP contribution in [0.15, 0.2) is 0 Å². The second-order valence-corrected chi connectivity index (χ2v) is 4.68. The van der Waals surface area contributed by atoms with Gasteiger partial charge in [-0.25, -0.2) is 9.48 Å². The Bertz CT molecular complexity index is 436. The van der Waals surface area contributed by atoms with Crippen molar-refractivity contribution in [1.82, 2.24) is 15.0 Å². The van der Waals surface area contributed by atoms with E-state index in [-0.39, 0.29) is 18.8 Å². The average Bonchev–Trinajstić information content (AvgIpc) is 2.86. The van der Waals surface area contributed by atoms with Crippen LogP contribution in [0.1, 0.15) is 35.9 Å². The molecule has 120 valence electrons. The molecule has 1 aromatic rings. The summed E-state index contributed by atoms with van der Waals surface area (Å²) >= 11 is 0. The van der Waals surface area contributed by atoms with Crippen molar-refractivity contribution in [3.63, 3.8) is 0 Å². The van der Waals surface area contributed by atoms with Gasteiger partial charge in [0, 0.05) is 13.0 Å². The predicted octanol–water partition coefficient (Wildman–Crippen LogP) is -0.256. The molecule has 1 aromatic heterocycles. The number of esters is 1. The third-order valence-electron chi connectivity index (χ3n) is 2.93. The highest BCUT2D eigenvalue weighted by atomic mass is 16.5. The Morgan fingerprint density at radius 2 is 2.29 bits per heavy atom. The minimum atomic E-state index is -0.717. The number of nitrogens with two attached hydrogens (primary N) is 1. The third-order valence-corrected chi connectivity index (χ3v) is 2.93. The molecule has 0 amide bonds. The largest absolute Gasteiger partial charge is 0.464 e. The lowest BCUT2D eigenvalue weighted by Gasteiger charge is -2.13. The van der Waals surface area contributed by atoms with Gasteiger partial charge in [-0.05, 0) is 13.0 Å². The molecular formula is C13H24N4O4. The number of carbonyl (C=O) groups is 1. The molecule has 8 nitrogen and oxygen atoms in total. The van der Waals surface area contributed by atoms with Crippen LogP contribution in [0.4, 0.5) is 0 Å². The van der Waals surface area contributed by atoms with E-state index >= 15 is 0 Å². The van der Waals surface area contributed by atoms with E-state index in [0.29, 0.717) is 25.3 Å². The topological polar surface area (TPSA) is 112 Å². The van der Waals surface area contributed by atoms with Crippen molar-refractivity contribution < 1.29 is 19.4 Å². The Morgan fingerprint density at radius 3 is 2.90 bits per heavy atom. The second-order valence-electron chi connectivity index (χ2n) is 4.68. The van der Waals surface area contributed by atoms with Crippen LogP contribution >= 0.6 is 0 Å². The quantitative estimate of drug-likeness (QED) is 0.452. The molecule has 0 aliphatic rings. The molecule has 0 saturated heterocycles. The molecule has 0 aromatic carbocycles. The van der Waals surface area contributed by atoms with E-state index in [1.165, 1.54) is 11.8 Å². The zero-order valence-electron chi connectivity index (χ0n) is 12.6. The Kier molecular flexibility index (Phi) is 7.88. The maximum Gasteiger partial charge on any atom is 0.360 e. The molecule has 0 spiro atoms. The van der Waals surface area contributed by atoms with Crippen molar-refractivity contribution in [3.05, 3.63) is 11.4 Å². The number of unbranched alkanes of at least 4 members (excludes halogenated alkanes) is 1. The van der Waals surface area contributed by atoms with Crippen molar-refractivity contribution in [2.45, 2.75) is 38.8 Å². The molecule has 0 fully saturated rings. The van der Waals surface area contributed by atoms with Gasteiger partial charge in [0.1, 0.15) is 0 Å². The van der Waals surface area contributed by atoms with E-state index in [1.54, 1.807) is 0 Å². The molecule has 8 heteroatoms. The highest BCUT2D eigenvalue weighted by molar-refractivity contribution is 5.88. The van der Waals surface area contributed by atoms with Crippen LogP contribution in [-0.2, 0) is 22.4 Å². The first kappa shape index (κ1) is 17.5.